The van der Waals surface area contributed by atoms with Gasteiger partial charge in [0.15, 0.2) is 0 Å². The number of carbonyl (C=O) groups excluding carboxylic acids is 1. The molecule has 0 saturated heterocycles. The molecule has 5 heteroatoms. The van der Waals surface area contributed by atoms with E-state index < -0.39 is 0 Å². The summed E-state index contributed by atoms with van der Waals surface area (Å²) in [5, 5.41) is 6.11. The van der Waals surface area contributed by atoms with Crippen LogP contribution in [0.2, 0.25) is 0 Å². The molecule has 0 heterocycles. The molecule has 0 spiro atoms. The molecular weight excluding hydrogens is 266 g/mol. The lowest BCUT2D eigenvalue weighted by atomic mass is 10.1. The molecule has 0 bridgehead atoms. The van der Waals surface area contributed by atoms with E-state index in [1.165, 1.54) is 12.8 Å². The van der Waals surface area contributed by atoms with Crippen molar-refractivity contribution in [2.45, 2.75) is 19.4 Å². The monoisotopic (exact) mass is 291 g/mol. The Hall–Kier alpha value is -1.59. The summed E-state index contributed by atoms with van der Waals surface area (Å²) in [5.74, 6) is 1.43. The number of methoxy groups -OCH3 is 1. The first-order valence-corrected chi connectivity index (χ1v) is 7.40. The molecule has 0 radical (unpaired) electrons. The largest absolute Gasteiger partial charge is 0.495 e. The van der Waals surface area contributed by atoms with Crippen molar-refractivity contribution in [3.05, 3.63) is 23.8 Å². The molecule has 116 valence electrons. The Kier molecular flexibility index (Phi) is 5.59. The number of nitrogens with one attached hydrogen (secondary N) is 2. The number of amides is 1. The average molecular weight is 291 g/mol. The van der Waals surface area contributed by atoms with Gasteiger partial charge in [0.1, 0.15) is 5.75 Å². The quantitative estimate of drug-likeness (QED) is 0.765. The Balaban J connectivity index is 1.93. The van der Waals surface area contributed by atoms with E-state index in [4.69, 9.17) is 4.74 Å². The van der Waals surface area contributed by atoms with Crippen LogP contribution in [0.3, 0.4) is 0 Å². The van der Waals surface area contributed by atoms with Crippen molar-refractivity contribution in [1.82, 2.24) is 10.2 Å². The number of nitrogens with zero attached hydrogens (tertiary/aromatic N) is 1. The summed E-state index contributed by atoms with van der Waals surface area (Å²) in [6.45, 7) is 2.11. The summed E-state index contributed by atoms with van der Waals surface area (Å²) in [5.41, 5.74) is 1.87. The number of hydrogen-bond acceptors (Lipinski definition) is 4. The topological polar surface area (TPSA) is 53.6 Å². The predicted molar refractivity (Wildman–Crippen MR) is 84.6 cm³/mol. The second kappa shape index (κ2) is 7.43. The van der Waals surface area contributed by atoms with Gasteiger partial charge >= 0.3 is 0 Å². The van der Waals surface area contributed by atoms with Gasteiger partial charge in [0.25, 0.3) is 0 Å². The molecule has 2 N–H and O–H groups in total. The van der Waals surface area contributed by atoms with Crippen LogP contribution in [0.5, 0.6) is 5.75 Å². The minimum Gasteiger partial charge on any atom is -0.495 e. The van der Waals surface area contributed by atoms with Crippen LogP contribution in [0.25, 0.3) is 0 Å². The minimum atomic E-state index is -0.0315. The smallest absolute Gasteiger partial charge is 0.238 e. The van der Waals surface area contributed by atoms with Crippen LogP contribution in [0.4, 0.5) is 5.69 Å². The van der Waals surface area contributed by atoms with E-state index in [1.54, 1.807) is 7.11 Å². The second-order valence-electron chi connectivity index (χ2n) is 5.89. The van der Waals surface area contributed by atoms with Crippen molar-refractivity contribution in [2.24, 2.45) is 5.92 Å². The highest BCUT2D eigenvalue weighted by molar-refractivity contribution is 5.93. The van der Waals surface area contributed by atoms with Crippen LogP contribution in [0.1, 0.15) is 18.4 Å². The van der Waals surface area contributed by atoms with Crippen LogP contribution in [0.15, 0.2) is 18.2 Å². The Morgan fingerprint density at radius 2 is 2.14 bits per heavy atom. The number of benzene rings is 1. The molecule has 1 aliphatic carbocycles. The molecule has 1 aromatic rings. The van der Waals surface area contributed by atoms with E-state index in [0.29, 0.717) is 12.3 Å². The molecule has 2 rings (SSSR count). The van der Waals surface area contributed by atoms with E-state index in [-0.39, 0.29) is 5.91 Å². The molecule has 0 aromatic heterocycles. The van der Waals surface area contributed by atoms with Gasteiger partial charge < -0.3 is 20.3 Å². The first-order valence-electron chi connectivity index (χ1n) is 7.40. The van der Waals surface area contributed by atoms with Crippen molar-refractivity contribution >= 4 is 11.6 Å². The van der Waals surface area contributed by atoms with Gasteiger partial charge in [0.2, 0.25) is 5.91 Å². The molecule has 1 aromatic carbocycles. The third kappa shape index (κ3) is 5.36. The third-order valence-corrected chi connectivity index (χ3v) is 3.45. The van der Waals surface area contributed by atoms with Crippen LogP contribution in [-0.4, -0.2) is 45.1 Å². The fourth-order valence-corrected chi connectivity index (χ4v) is 2.22. The molecule has 1 fully saturated rings. The van der Waals surface area contributed by atoms with E-state index in [9.17, 15) is 4.79 Å². The average Bonchev–Trinajstić information content (AvgIpc) is 3.22. The highest BCUT2D eigenvalue weighted by Gasteiger charge is 2.20. The highest BCUT2D eigenvalue weighted by Crippen LogP contribution is 2.27. The van der Waals surface area contributed by atoms with Gasteiger partial charge in [-0.05, 0) is 57.1 Å². The first-order chi connectivity index (χ1) is 10.1. The zero-order chi connectivity index (χ0) is 15.2. The first kappa shape index (κ1) is 15.8. The summed E-state index contributed by atoms with van der Waals surface area (Å²) in [6.07, 6.45) is 2.57. The molecule has 0 aliphatic heterocycles. The zero-order valence-corrected chi connectivity index (χ0v) is 13.1. The van der Waals surface area contributed by atoms with Gasteiger partial charge in [-0.15, -0.1) is 0 Å². The standard InChI is InChI=1S/C16H25N3O2/c1-19(2)11-13-6-7-15(21-3)14(8-13)18-16(20)10-17-9-12-4-5-12/h6-8,12,17H,4-5,9-11H2,1-3H3,(H,18,20). The van der Waals surface area contributed by atoms with Crippen molar-refractivity contribution in [3.63, 3.8) is 0 Å². The fourth-order valence-electron chi connectivity index (χ4n) is 2.22. The minimum absolute atomic E-state index is 0.0315. The fraction of sp³-hybridized carbons (Fsp3) is 0.562. The summed E-state index contributed by atoms with van der Waals surface area (Å²) in [7, 11) is 5.65. The number of anilines is 1. The Morgan fingerprint density at radius 1 is 1.38 bits per heavy atom. The van der Waals surface area contributed by atoms with Gasteiger partial charge in [-0.2, -0.15) is 0 Å². The van der Waals surface area contributed by atoms with Gasteiger partial charge in [0, 0.05) is 6.54 Å². The molecule has 1 saturated carbocycles. The number of ether oxygens (including phenoxy) is 1. The number of carbonyl (C=O) groups is 1. The zero-order valence-electron chi connectivity index (χ0n) is 13.1. The predicted octanol–water partition coefficient (Wildman–Crippen LogP) is 1.69. The molecular formula is C16H25N3O2. The summed E-state index contributed by atoms with van der Waals surface area (Å²) >= 11 is 0. The maximum Gasteiger partial charge on any atom is 0.238 e. The Labute approximate surface area is 126 Å². The van der Waals surface area contributed by atoms with Crippen molar-refractivity contribution < 1.29 is 9.53 Å². The SMILES string of the molecule is COc1ccc(CN(C)C)cc1NC(=O)CNCC1CC1. The molecule has 5 nitrogen and oxygen atoms in total. The van der Waals surface area contributed by atoms with E-state index in [1.807, 2.05) is 32.3 Å². The summed E-state index contributed by atoms with van der Waals surface area (Å²) < 4.78 is 5.31. The Morgan fingerprint density at radius 3 is 2.76 bits per heavy atom. The Bertz CT molecular complexity index is 484. The lowest BCUT2D eigenvalue weighted by Gasteiger charge is -2.14. The van der Waals surface area contributed by atoms with Crippen LogP contribution >= 0.6 is 0 Å². The van der Waals surface area contributed by atoms with Gasteiger partial charge in [-0.3, -0.25) is 4.79 Å². The molecule has 21 heavy (non-hydrogen) atoms. The number of rotatable bonds is 8. The summed E-state index contributed by atoms with van der Waals surface area (Å²) in [6, 6.07) is 5.88. The highest BCUT2D eigenvalue weighted by atomic mass is 16.5. The lowest BCUT2D eigenvalue weighted by Crippen LogP contribution is -2.29. The lowest BCUT2D eigenvalue weighted by molar-refractivity contribution is -0.115. The van der Waals surface area contributed by atoms with Gasteiger partial charge in [-0.25, -0.2) is 0 Å². The molecule has 0 atom stereocenters. The van der Waals surface area contributed by atoms with Crippen LogP contribution < -0.4 is 15.4 Å². The van der Waals surface area contributed by atoms with Crippen LogP contribution in [0, 0.1) is 5.92 Å². The van der Waals surface area contributed by atoms with E-state index >= 15 is 0 Å². The molecule has 1 aliphatic rings. The van der Waals surface area contributed by atoms with Crippen molar-refractivity contribution in [1.29, 1.82) is 0 Å². The normalized spacial score (nSPS) is 14.3. The van der Waals surface area contributed by atoms with Crippen molar-refractivity contribution in [2.75, 3.05) is 39.6 Å². The number of hydrogen-bond donors (Lipinski definition) is 2. The third-order valence-electron chi connectivity index (χ3n) is 3.45. The van der Waals surface area contributed by atoms with Gasteiger partial charge in [-0.1, -0.05) is 6.07 Å². The second-order valence-corrected chi connectivity index (χ2v) is 5.89. The van der Waals surface area contributed by atoms with E-state index in [0.717, 1.165) is 30.3 Å². The maximum absolute atomic E-state index is 12.0. The molecule has 1 amide bonds. The summed E-state index contributed by atoms with van der Waals surface area (Å²) in [4.78, 5) is 14.1. The van der Waals surface area contributed by atoms with Gasteiger partial charge in [0.05, 0.1) is 19.3 Å². The van der Waals surface area contributed by atoms with E-state index in [2.05, 4.69) is 15.5 Å². The molecule has 0 unspecified atom stereocenters. The van der Waals surface area contributed by atoms with Crippen molar-refractivity contribution in [3.8, 4) is 5.75 Å². The maximum atomic E-state index is 12.0. The van der Waals surface area contributed by atoms with Crippen LogP contribution in [-0.2, 0) is 11.3 Å².